The SMILES string of the molecule is CCOC(=O)C=C(C)C=CC=C(C)C=S(=O)=O.c1ccccc1. The van der Waals surface area contributed by atoms with Gasteiger partial charge in [-0.05, 0) is 31.9 Å². The zero-order valence-electron chi connectivity index (χ0n) is 13.6. The summed E-state index contributed by atoms with van der Waals surface area (Å²) in [6.07, 6.45) is 6.38. The topological polar surface area (TPSA) is 60.4 Å². The van der Waals surface area contributed by atoms with Crippen LogP contribution in [0.3, 0.4) is 0 Å². The second kappa shape index (κ2) is 13.3. The number of hydrogen-bond acceptors (Lipinski definition) is 4. The lowest BCUT2D eigenvalue weighted by atomic mass is 10.2. The van der Waals surface area contributed by atoms with Gasteiger partial charge in [0.1, 0.15) is 0 Å². The van der Waals surface area contributed by atoms with Crippen LogP contribution in [0.25, 0.3) is 0 Å². The van der Waals surface area contributed by atoms with E-state index >= 15 is 0 Å². The Morgan fingerprint density at radius 3 is 1.96 bits per heavy atom. The summed E-state index contributed by atoms with van der Waals surface area (Å²) in [5, 5.41) is 1.11. The zero-order chi connectivity index (χ0) is 17.5. The lowest BCUT2D eigenvalue weighted by Gasteiger charge is -1.95. The van der Waals surface area contributed by atoms with Gasteiger partial charge in [0, 0.05) is 6.08 Å². The van der Waals surface area contributed by atoms with Gasteiger partial charge < -0.3 is 4.74 Å². The molecule has 0 spiro atoms. The first-order valence-electron chi connectivity index (χ1n) is 7.08. The Balaban J connectivity index is 0.000000664. The molecule has 0 saturated carbocycles. The van der Waals surface area contributed by atoms with Gasteiger partial charge in [0.25, 0.3) is 0 Å². The number of carbonyl (C=O) groups is 1. The smallest absolute Gasteiger partial charge is 0.330 e. The van der Waals surface area contributed by atoms with Gasteiger partial charge in [0.15, 0.2) is 0 Å². The molecule has 1 aromatic rings. The van der Waals surface area contributed by atoms with Crippen LogP contribution in [0.1, 0.15) is 20.8 Å². The molecule has 0 aliphatic rings. The van der Waals surface area contributed by atoms with E-state index in [-0.39, 0.29) is 5.97 Å². The second-order valence-electron chi connectivity index (χ2n) is 4.44. The minimum atomic E-state index is -2.19. The molecule has 1 aromatic carbocycles. The van der Waals surface area contributed by atoms with Crippen LogP contribution >= 0.6 is 0 Å². The second-order valence-corrected chi connectivity index (χ2v) is 5.20. The molecule has 0 aliphatic heterocycles. The first-order chi connectivity index (χ1) is 11.0. The molecule has 0 fully saturated rings. The maximum Gasteiger partial charge on any atom is 0.330 e. The number of rotatable bonds is 5. The van der Waals surface area contributed by atoms with Gasteiger partial charge in [-0.15, -0.1) is 0 Å². The van der Waals surface area contributed by atoms with E-state index in [0.29, 0.717) is 12.2 Å². The Kier molecular flexibility index (Phi) is 11.9. The van der Waals surface area contributed by atoms with Gasteiger partial charge in [-0.25, -0.2) is 4.79 Å². The number of esters is 1. The van der Waals surface area contributed by atoms with Crippen molar-refractivity contribution in [3.05, 3.63) is 71.8 Å². The first-order valence-corrected chi connectivity index (χ1v) is 8.22. The quantitative estimate of drug-likeness (QED) is 0.358. The average molecular weight is 334 g/mol. The highest BCUT2D eigenvalue weighted by Crippen LogP contribution is 1.98. The molecule has 4 nitrogen and oxygen atoms in total. The summed E-state index contributed by atoms with van der Waals surface area (Å²) in [7, 11) is -2.19. The van der Waals surface area contributed by atoms with E-state index in [0.717, 1.165) is 10.9 Å². The highest BCUT2D eigenvalue weighted by molar-refractivity contribution is 7.71. The molecule has 23 heavy (non-hydrogen) atoms. The maximum atomic E-state index is 11.1. The van der Waals surface area contributed by atoms with Crippen molar-refractivity contribution >= 4 is 21.6 Å². The van der Waals surface area contributed by atoms with Crippen LogP contribution in [0, 0.1) is 0 Å². The molecule has 0 aromatic heterocycles. The van der Waals surface area contributed by atoms with Crippen LogP contribution in [0.5, 0.6) is 0 Å². The third kappa shape index (κ3) is 14.3. The molecule has 0 atom stereocenters. The van der Waals surface area contributed by atoms with Crippen molar-refractivity contribution in [2.45, 2.75) is 20.8 Å². The van der Waals surface area contributed by atoms with Crippen molar-refractivity contribution < 1.29 is 17.9 Å². The van der Waals surface area contributed by atoms with Crippen molar-refractivity contribution in [2.75, 3.05) is 6.61 Å². The van der Waals surface area contributed by atoms with E-state index in [4.69, 9.17) is 4.74 Å². The zero-order valence-corrected chi connectivity index (χ0v) is 14.4. The summed E-state index contributed by atoms with van der Waals surface area (Å²) in [6, 6.07) is 12.0. The van der Waals surface area contributed by atoms with Gasteiger partial charge in [-0.1, -0.05) is 54.6 Å². The molecule has 0 aliphatic carbocycles. The molecule has 0 N–H and O–H groups in total. The molecule has 0 radical (unpaired) electrons. The van der Waals surface area contributed by atoms with E-state index in [1.54, 1.807) is 39.0 Å². The summed E-state index contributed by atoms with van der Waals surface area (Å²) in [4.78, 5) is 11.1. The molecule has 0 unspecified atom stereocenters. The predicted molar refractivity (Wildman–Crippen MR) is 94.7 cm³/mol. The van der Waals surface area contributed by atoms with Gasteiger partial charge in [0.2, 0.25) is 10.3 Å². The van der Waals surface area contributed by atoms with Crippen molar-refractivity contribution in [1.82, 2.24) is 0 Å². The third-order valence-corrected chi connectivity index (χ3v) is 2.86. The monoisotopic (exact) mass is 334 g/mol. The molecule has 0 heterocycles. The Morgan fingerprint density at radius 2 is 1.52 bits per heavy atom. The third-order valence-electron chi connectivity index (χ3n) is 2.30. The van der Waals surface area contributed by atoms with Crippen LogP contribution < -0.4 is 0 Å². The van der Waals surface area contributed by atoms with Crippen molar-refractivity contribution in [1.29, 1.82) is 0 Å². The van der Waals surface area contributed by atoms with E-state index < -0.39 is 10.3 Å². The summed E-state index contributed by atoms with van der Waals surface area (Å²) >= 11 is 0. The summed E-state index contributed by atoms with van der Waals surface area (Å²) in [6.45, 7) is 5.51. The van der Waals surface area contributed by atoms with Crippen molar-refractivity contribution in [3.63, 3.8) is 0 Å². The van der Waals surface area contributed by atoms with Gasteiger partial charge in [-0.2, -0.15) is 8.42 Å². The molecule has 0 saturated heterocycles. The van der Waals surface area contributed by atoms with Crippen molar-refractivity contribution in [3.8, 4) is 0 Å². The molecule has 0 amide bonds. The van der Waals surface area contributed by atoms with Gasteiger partial charge in [0.05, 0.1) is 12.0 Å². The van der Waals surface area contributed by atoms with Gasteiger partial charge >= 0.3 is 5.97 Å². The lowest BCUT2D eigenvalue weighted by molar-refractivity contribution is -0.137. The number of ether oxygens (including phenoxy) is 1. The predicted octanol–water partition coefficient (Wildman–Crippen LogP) is 3.37. The van der Waals surface area contributed by atoms with Crippen molar-refractivity contribution in [2.24, 2.45) is 0 Å². The lowest BCUT2D eigenvalue weighted by Crippen LogP contribution is -1.99. The van der Waals surface area contributed by atoms with E-state index in [1.165, 1.54) is 6.08 Å². The minimum absolute atomic E-state index is 0.343. The largest absolute Gasteiger partial charge is 0.463 e. The maximum absolute atomic E-state index is 11.1. The molecule has 5 heteroatoms. The van der Waals surface area contributed by atoms with E-state index in [1.807, 2.05) is 36.4 Å². The Bertz CT molecular complexity index is 646. The summed E-state index contributed by atoms with van der Waals surface area (Å²) in [5.74, 6) is -0.387. The van der Waals surface area contributed by atoms with Crippen LogP contribution in [0.15, 0.2) is 71.8 Å². The molecule has 0 bridgehead atoms. The fourth-order valence-corrected chi connectivity index (χ4v) is 1.73. The highest BCUT2D eigenvalue weighted by Gasteiger charge is 1.94. The fourth-order valence-electron chi connectivity index (χ4n) is 1.35. The number of benzene rings is 1. The number of allylic oxidation sites excluding steroid dienone is 5. The highest BCUT2D eigenvalue weighted by atomic mass is 32.2. The Labute approximate surface area is 139 Å². The molecule has 124 valence electrons. The Hall–Kier alpha value is -2.40. The standard InChI is InChI=1S/C12H16O4S.C6H6/c1-4-16-12(13)8-10(2)6-5-7-11(3)9-17(14)15;1-2-4-6-5-3-1/h5-9H,4H2,1-3H3;1-6H. The minimum Gasteiger partial charge on any atom is -0.463 e. The molecular formula is C18H22O4S. The summed E-state index contributed by atoms with van der Waals surface area (Å²) in [5.41, 5.74) is 1.34. The normalized spacial score (nSPS) is 11.4. The first kappa shape index (κ1) is 20.6. The molecular weight excluding hydrogens is 312 g/mol. The van der Waals surface area contributed by atoms with Gasteiger partial charge in [-0.3, -0.25) is 0 Å². The van der Waals surface area contributed by atoms with E-state index in [9.17, 15) is 13.2 Å². The van der Waals surface area contributed by atoms with E-state index in [2.05, 4.69) is 0 Å². The number of hydrogen-bond donors (Lipinski definition) is 0. The molecule has 1 rings (SSSR count). The average Bonchev–Trinajstić information content (AvgIpc) is 2.49. The fraction of sp³-hybridized carbons (Fsp3) is 0.222. The summed E-state index contributed by atoms with van der Waals surface area (Å²) < 4.78 is 25.4. The van der Waals surface area contributed by atoms with Crippen LogP contribution in [-0.4, -0.2) is 26.4 Å². The van der Waals surface area contributed by atoms with Crippen LogP contribution in [-0.2, 0) is 19.8 Å². The van der Waals surface area contributed by atoms with Crippen LogP contribution in [0.4, 0.5) is 0 Å². The number of carbonyl (C=O) groups excluding carboxylic acids is 1. The Morgan fingerprint density at radius 1 is 1.00 bits per heavy atom. The van der Waals surface area contributed by atoms with Crippen LogP contribution in [0.2, 0.25) is 0 Å².